The first-order chi connectivity index (χ1) is 10.1. The lowest BCUT2D eigenvalue weighted by Crippen LogP contribution is -3.00. The molecule has 0 saturated carbocycles. The van der Waals surface area contributed by atoms with Crippen LogP contribution >= 0.6 is 0 Å². The van der Waals surface area contributed by atoms with Crippen molar-refractivity contribution in [2.24, 2.45) is 0 Å². The van der Waals surface area contributed by atoms with Crippen LogP contribution in [0.5, 0.6) is 5.75 Å². The van der Waals surface area contributed by atoms with Crippen molar-refractivity contribution in [2.45, 2.75) is 6.92 Å². The Bertz CT molecular complexity index is 727. The number of rotatable bonds is 3. The first-order valence-corrected chi connectivity index (χ1v) is 6.27. The Morgan fingerprint density at radius 2 is 1.95 bits per heavy atom. The van der Waals surface area contributed by atoms with Crippen molar-refractivity contribution in [1.82, 2.24) is 0 Å². The monoisotopic (exact) mass is 318 g/mol. The molecule has 0 aliphatic heterocycles. The average Bonchev–Trinajstić information content (AvgIpc) is 2.50. The number of methoxy groups -OCH3 is 1. The summed E-state index contributed by atoms with van der Waals surface area (Å²) in [6.45, 7) is 1.73. The van der Waals surface area contributed by atoms with Crippen molar-refractivity contribution in [3.63, 3.8) is 0 Å². The fourth-order valence-electron chi connectivity index (χ4n) is 2.03. The van der Waals surface area contributed by atoms with Crippen LogP contribution in [0.3, 0.4) is 0 Å². The topological polar surface area (TPSA) is 92.5 Å². The maximum Gasteiger partial charge on any atom is 0.431 e. The number of carbonyl (C=O) groups is 1. The van der Waals surface area contributed by atoms with Crippen molar-refractivity contribution in [3.05, 3.63) is 52.5 Å². The highest BCUT2D eigenvalue weighted by Gasteiger charge is 2.26. The zero-order valence-corrected chi connectivity index (χ0v) is 12.9. The normalized spacial score (nSPS) is 9.32. The SMILES string of the molecule is COc1c([N+]#N)c(C)cc(N)c1NC(=O)c1ccccc1.[Cl-]. The van der Waals surface area contributed by atoms with E-state index in [0.29, 0.717) is 16.8 Å². The highest BCUT2D eigenvalue weighted by molar-refractivity contribution is 6.07. The lowest BCUT2D eigenvalue weighted by Gasteiger charge is -2.12. The van der Waals surface area contributed by atoms with Crippen LogP contribution < -0.4 is 28.2 Å². The summed E-state index contributed by atoms with van der Waals surface area (Å²) in [5.41, 5.74) is 7.91. The molecule has 2 aromatic rings. The van der Waals surface area contributed by atoms with Crippen LogP contribution in [-0.2, 0) is 0 Å². The molecule has 0 atom stereocenters. The van der Waals surface area contributed by atoms with Gasteiger partial charge in [0.2, 0.25) is 11.1 Å². The van der Waals surface area contributed by atoms with Crippen LogP contribution in [0, 0.1) is 12.3 Å². The molecule has 0 fully saturated rings. The highest BCUT2D eigenvalue weighted by atomic mass is 35.5. The molecule has 0 spiro atoms. The van der Waals surface area contributed by atoms with E-state index in [4.69, 9.17) is 15.9 Å². The molecule has 2 rings (SSSR count). The number of amides is 1. The molecule has 22 heavy (non-hydrogen) atoms. The maximum atomic E-state index is 12.2. The Labute approximate surface area is 134 Å². The van der Waals surface area contributed by atoms with Gasteiger partial charge in [0.1, 0.15) is 5.69 Å². The predicted octanol–water partition coefficient (Wildman–Crippen LogP) is 0.327. The number of benzene rings is 2. The van der Waals surface area contributed by atoms with Gasteiger partial charge in [0.05, 0.1) is 18.4 Å². The number of nitrogens with zero attached hydrogens (tertiary/aromatic N) is 2. The number of anilines is 2. The van der Waals surface area contributed by atoms with E-state index < -0.39 is 0 Å². The van der Waals surface area contributed by atoms with Crippen LogP contribution in [-0.4, -0.2) is 13.0 Å². The van der Waals surface area contributed by atoms with E-state index in [9.17, 15) is 4.79 Å². The third kappa shape index (κ3) is 3.27. The number of diazo groups is 1. The molecule has 0 aliphatic rings. The summed E-state index contributed by atoms with van der Waals surface area (Å²) in [6.07, 6.45) is 0. The number of nitrogens with one attached hydrogen (secondary N) is 1. The van der Waals surface area contributed by atoms with Gasteiger partial charge in [-0.15, -0.1) is 0 Å². The Balaban J connectivity index is 0.00000242. The molecule has 1 amide bonds. The van der Waals surface area contributed by atoms with Crippen LogP contribution in [0.1, 0.15) is 15.9 Å². The van der Waals surface area contributed by atoms with Gasteiger partial charge < -0.3 is 28.2 Å². The number of halogens is 1. The van der Waals surface area contributed by atoms with Crippen LogP contribution in [0.15, 0.2) is 36.4 Å². The molecular weight excluding hydrogens is 304 g/mol. The molecule has 2 aromatic carbocycles. The lowest BCUT2D eigenvalue weighted by atomic mass is 10.1. The molecule has 3 N–H and O–H groups in total. The molecule has 0 aliphatic carbocycles. The smallest absolute Gasteiger partial charge is 0.431 e. The minimum atomic E-state index is -0.326. The first-order valence-electron chi connectivity index (χ1n) is 6.27. The van der Waals surface area contributed by atoms with Gasteiger partial charge in [0.15, 0.2) is 4.98 Å². The minimum absolute atomic E-state index is 0. The minimum Gasteiger partial charge on any atom is -1.00 e. The number of carbonyl (C=O) groups excluding carboxylic acids is 1. The number of aryl methyl sites for hydroxylation is 1. The predicted molar refractivity (Wildman–Crippen MR) is 81.3 cm³/mol. The molecular formula is C15H15ClN4O2. The van der Waals surface area contributed by atoms with Crippen LogP contribution in [0.2, 0.25) is 0 Å². The Kier molecular flexibility index (Phi) is 5.72. The molecule has 6 nitrogen and oxygen atoms in total. The molecule has 7 heteroatoms. The molecule has 0 heterocycles. The van der Waals surface area contributed by atoms with Crippen molar-refractivity contribution in [2.75, 3.05) is 18.2 Å². The second-order valence-electron chi connectivity index (χ2n) is 4.46. The van der Waals surface area contributed by atoms with E-state index in [2.05, 4.69) is 10.3 Å². The summed E-state index contributed by atoms with van der Waals surface area (Å²) in [5.74, 6) is -0.104. The Morgan fingerprint density at radius 1 is 1.32 bits per heavy atom. The number of ether oxygens (including phenoxy) is 1. The summed E-state index contributed by atoms with van der Waals surface area (Å²) in [6, 6.07) is 10.3. The Hall–Kier alpha value is -2.78. The van der Waals surface area contributed by atoms with Crippen molar-refractivity contribution < 1.29 is 21.9 Å². The van der Waals surface area contributed by atoms with Gasteiger partial charge in [0, 0.05) is 5.56 Å². The molecule has 0 unspecified atom stereocenters. The van der Waals surface area contributed by atoms with E-state index >= 15 is 0 Å². The molecule has 0 aromatic heterocycles. The second-order valence-corrected chi connectivity index (χ2v) is 4.46. The number of hydrogen-bond donors (Lipinski definition) is 2. The number of nitrogens with two attached hydrogens (primary N) is 1. The Morgan fingerprint density at radius 3 is 2.50 bits per heavy atom. The summed E-state index contributed by atoms with van der Waals surface area (Å²) in [4.78, 5) is 15.4. The van der Waals surface area contributed by atoms with Gasteiger partial charge in [-0.05, 0) is 25.1 Å². The highest BCUT2D eigenvalue weighted by Crippen LogP contribution is 2.42. The van der Waals surface area contributed by atoms with E-state index in [1.165, 1.54) is 7.11 Å². The largest absolute Gasteiger partial charge is 1.00 e. The number of nitrogen functional groups attached to an aromatic ring is 1. The van der Waals surface area contributed by atoms with E-state index in [1.807, 2.05) is 6.07 Å². The lowest BCUT2D eigenvalue weighted by molar-refractivity contribution is -0.0000123. The summed E-state index contributed by atoms with van der Waals surface area (Å²) in [7, 11) is 1.42. The molecule has 0 radical (unpaired) electrons. The number of hydrogen-bond acceptors (Lipinski definition) is 4. The van der Waals surface area contributed by atoms with E-state index in [-0.39, 0.29) is 35.4 Å². The zero-order chi connectivity index (χ0) is 15.4. The van der Waals surface area contributed by atoms with E-state index in [1.54, 1.807) is 37.3 Å². The average molecular weight is 319 g/mol. The van der Waals surface area contributed by atoms with Crippen molar-refractivity contribution >= 4 is 23.0 Å². The summed E-state index contributed by atoms with van der Waals surface area (Å²) >= 11 is 0. The van der Waals surface area contributed by atoms with Gasteiger partial charge in [-0.1, -0.05) is 18.2 Å². The summed E-state index contributed by atoms with van der Waals surface area (Å²) in [5, 5.41) is 11.8. The van der Waals surface area contributed by atoms with Gasteiger partial charge in [-0.2, -0.15) is 0 Å². The third-order valence-electron chi connectivity index (χ3n) is 3.05. The van der Waals surface area contributed by atoms with Crippen molar-refractivity contribution in [1.29, 1.82) is 5.39 Å². The third-order valence-corrected chi connectivity index (χ3v) is 3.05. The van der Waals surface area contributed by atoms with Crippen molar-refractivity contribution in [3.8, 4) is 5.75 Å². The van der Waals surface area contributed by atoms with Gasteiger partial charge >= 0.3 is 5.69 Å². The maximum absolute atomic E-state index is 12.2. The zero-order valence-electron chi connectivity index (χ0n) is 12.1. The van der Waals surface area contributed by atoms with E-state index in [0.717, 1.165) is 0 Å². The second kappa shape index (κ2) is 7.29. The molecule has 0 saturated heterocycles. The molecule has 114 valence electrons. The van der Waals surface area contributed by atoms with Gasteiger partial charge in [0.25, 0.3) is 5.91 Å². The fourth-order valence-corrected chi connectivity index (χ4v) is 2.03. The summed E-state index contributed by atoms with van der Waals surface area (Å²) < 4.78 is 5.22. The quantitative estimate of drug-likeness (QED) is 0.630. The standard InChI is InChI=1S/C15H14N4O2.ClH/c1-9-8-11(16)13(14(21-2)12(9)19-17)18-15(20)10-6-4-3-5-7-10;/h3-8,16-17H,1-2H3;1H. The van der Waals surface area contributed by atoms with Gasteiger partial charge in [-0.3, -0.25) is 4.79 Å². The van der Waals surface area contributed by atoms with Crippen LogP contribution in [0.4, 0.5) is 17.1 Å². The first kappa shape index (κ1) is 17.3. The van der Waals surface area contributed by atoms with Crippen LogP contribution in [0.25, 0.3) is 4.98 Å². The fraction of sp³-hybridized carbons (Fsp3) is 0.133. The molecule has 0 bridgehead atoms. The van der Waals surface area contributed by atoms with Gasteiger partial charge in [-0.25, -0.2) is 0 Å².